The Labute approximate surface area is 404 Å². The fourth-order valence-electron chi connectivity index (χ4n) is 8.85. The third-order valence-corrected chi connectivity index (χ3v) is 13.2. The van der Waals surface area contributed by atoms with Crippen LogP contribution < -0.4 is 5.32 Å². The van der Waals surface area contributed by atoms with Crippen molar-refractivity contribution in [3.63, 3.8) is 0 Å². The Bertz CT molecular complexity index is 1070. The normalized spacial score (nSPS) is 13.4. The zero-order valence-electron chi connectivity index (χ0n) is 43.6. The van der Waals surface area contributed by atoms with E-state index in [1.807, 2.05) is 0 Å². The molecule has 0 aliphatic rings. The van der Waals surface area contributed by atoms with Crippen LogP contribution in [-0.4, -0.2) is 46.9 Å². The number of hydrogen-bond donors (Lipinski definition) is 3. The van der Waals surface area contributed by atoms with Crippen molar-refractivity contribution in [3.8, 4) is 0 Å². The molecule has 0 radical (unpaired) electrons. The molecule has 3 atom stereocenters. The van der Waals surface area contributed by atoms with Gasteiger partial charge in [-0.25, -0.2) is 0 Å². The van der Waals surface area contributed by atoms with Gasteiger partial charge in [0.1, 0.15) is 6.10 Å². The van der Waals surface area contributed by atoms with E-state index >= 15 is 0 Å². The molecule has 1 amide bonds. The summed E-state index contributed by atoms with van der Waals surface area (Å²) in [6.07, 6.45) is 63.5. The molecule has 6 heteroatoms. The first-order valence-electron chi connectivity index (χ1n) is 28.7. The zero-order chi connectivity index (χ0) is 47.4. The summed E-state index contributed by atoms with van der Waals surface area (Å²) in [6, 6.07) is -0.704. The van der Waals surface area contributed by atoms with Crippen LogP contribution in [0.1, 0.15) is 303 Å². The molecule has 0 heterocycles. The van der Waals surface area contributed by atoms with Gasteiger partial charge in [0.25, 0.3) is 0 Å². The van der Waals surface area contributed by atoms with Crippen LogP contribution >= 0.6 is 0 Å². The number of aliphatic hydroxyl groups is 2. The van der Waals surface area contributed by atoms with Crippen LogP contribution in [0.5, 0.6) is 0 Å². The maximum atomic E-state index is 13.3. The standard InChI is InChI=1S/C59H111NO5/c1-4-7-10-13-16-19-22-25-27-29-31-34-37-40-43-46-49-52-59(64)65-55(50-47-44-41-38-35-32-24-21-18-15-12-9-6-3)53-58(63)60-56(54-61)57(62)51-48-45-42-39-36-33-30-28-26-23-20-17-14-11-8-5-2/h16,19,25,27,31,34,55-57,61-62H,4-15,17-18,20-24,26,28-30,32-33,35-54H2,1-3H3,(H,60,63)/b19-16-,27-25-,34-31-. The Morgan fingerprint density at radius 3 is 1.22 bits per heavy atom. The van der Waals surface area contributed by atoms with Crippen molar-refractivity contribution in [2.24, 2.45) is 0 Å². The summed E-state index contributed by atoms with van der Waals surface area (Å²) in [6.45, 7) is 6.48. The second-order valence-corrected chi connectivity index (χ2v) is 19.7. The minimum Gasteiger partial charge on any atom is -0.462 e. The molecule has 0 saturated heterocycles. The number of esters is 1. The van der Waals surface area contributed by atoms with E-state index in [1.165, 1.54) is 186 Å². The molecular weight excluding hydrogens is 803 g/mol. The summed E-state index contributed by atoms with van der Waals surface area (Å²) in [5.41, 5.74) is 0. The molecule has 0 aromatic heterocycles. The highest BCUT2D eigenvalue weighted by Gasteiger charge is 2.24. The van der Waals surface area contributed by atoms with Crippen molar-refractivity contribution in [1.29, 1.82) is 0 Å². The van der Waals surface area contributed by atoms with Crippen LogP contribution in [0.25, 0.3) is 0 Å². The molecule has 0 saturated carbocycles. The van der Waals surface area contributed by atoms with Gasteiger partial charge in [-0.2, -0.15) is 0 Å². The molecular formula is C59H111NO5. The van der Waals surface area contributed by atoms with Crippen molar-refractivity contribution in [2.45, 2.75) is 322 Å². The van der Waals surface area contributed by atoms with E-state index in [9.17, 15) is 19.8 Å². The van der Waals surface area contributed by atoms with Crippen molar-refractivity contribution in [3.05, 3.63) is 36.5 Å². The van der Waals surface area contributed by atoms with Gasteiger partial charge in [-0.05, 0) is 64.2 Å². The number of nitrogens with one attached hydrogen (secondary N) is 1. The lowest BCUT2D eigenvalue weighted by atomic mass is 10.0. The highest BCUT2D eigenvalue weighted by molar-refractivity contribution is 5.77. The number of carbonyl (C=O) groups excluding carboxylic acids is 2. The highest BCUT2D eigenvalue weighted by atomic mass is 16.5. The second-order valence-electron chi connectivity index (χ2n) is 19.7. The molecule has 0 aliphatic carbocycles. The molecule has 0 aromatic rings. The van der Waals surface area contributed by atoms with E-state index < -0.39 is 18.2 Å². The van der Waals surface area contributed by atoms with Gasteiger partial charge in [0.2, 0.25) is 5.91 Å². The Balaban J connectivity index is 4.53. The number of rotatable bonds is 52. The molecule has 382 valence electrons. The molecule has 0 rings (SSSR count). The second kappa shape index (κ2) is 53.0. The quantitative estimate of drug-likeness (QED) is 0.0321. The van der Waals surface area contributed by atoms with Gasteiger partial charge in [0.15, 0.2) is 0 Å². The number of aliphatic hydroxyl groups excluding tert-OH is 2. The molecule has 65 heavy (non-hydrogen) atoms. The summed E-state index contributed by atoms with van der Waals surface area (Å²) in [5.74, 6) is -0.483. The third kappa shape index (κ3) is 48.3. The number of carbonyl (C=O) groups is 2. The van der Waals surface area contributed by atoms with Crippen LogP contribution in [-0.2, 0) is 14.3 Å². The van der Waals surface area contributed by atoms with Crippen molar-refractivity contribution in [2.75, 3.05) is 6.61 Å². The summed E-state index contributed by atoms with van der Waals surface area (Å²) >= 11 is 0. The summed E-state index contributed by atoms with van der Waals surface area (Å²) in [7, 11) is 0. The van der Waals surface area contributed by atoms with E-state index in [2.05, 4.69) is 62.5 Å². The van der Waals surface area contributed by atoms with Gasteiger partial charge in [0.05, 0.1) is 25.2 Å². The van der Waals surface area contributed by atoms with Crippen molar-refractivity contribution >= 4 is 11.9 Å². The predicted molar refractivity (Wildman–Crippen MR) is 282 cm³/mol. The number of unbranched alkanes of at least 4 members (excludes halogenated alkanes) is 34. The largest absolute Gasteiger partial charge is 0.462 e. The predicted octanol–water partition coefficient (Wildman–Crippen LogP) is 17.6. The number of allylic oxidation sites excluding steroid dienone is 6. The summed E-state index contributed by atoms with van der Waals surface area (Å²) < 4.78 is 5.95. The van der Waals surface area contributed by atoms with E-state index in [0.717, 1.165) is 70.6 Å². The van der Waals surface area contributed by atoms with Gasteiger partial charge in [-0.1, -0.05) is 263 Å². The van der Waals surface area contributed by atoms with Crippen LogP contribution in [0.4, 0.5) is 0 Å². The molecule has 6 nitrogen and oxygen atoms in total. The fourth-order valence-corrected chi connectivity index (χ4v) is 8.85. The van der Waals surface area contributed by atoms with Gasteiger partial charge in [-0.3, -0.25) is 9.59 Å². The number of ether oxygens (including phenoxy) is 1. The van der Waals surface area contributed by atoms with E-state index in [0.29, 0.717) is 19.3 Å². The minimum atomic E-state index is -0.789. The van der Waals surface area contributed by atoms with Gasteiger partial charge in [-0.15, -0.1) is 0 Å². The van der Waals surface area contributed by atoms with Crippen molar-refractivity contribution < 1.29 is 24.5 Å². The Morgan fingerprint density at radius 2 is 0.785 bits per heavy atom. The molecule has 0 bridgehead atoms. The summed E-state index contributed by atoms with van der Waals surface area (Å²) in [5, 5.41) is 23.9. The number of amides is 1. The Hall–Kier alpha value is -1.92. The van der Waals surface area contributed by atoms with Crippen LogP contribution in [0.15, 0.2) is 36.5 Å². The van der Waals surface area contributed by atoms with Gasteiger partial charge in [0, 0.05) is 6.42 Å². The maximum Gasteiger partial charge on any atom is 0.306 e. The SMILES string of the molecule is CCCCC/C=C\C/C=C\C/C=C\CCCCCCC(=O)OC(CCCCCCCCCCCCCCC)CC(=O)NC(CO)C(O)CCCCCCCCCCCCCCCCCC. The lowest BCUT2D eigenvalue weighted by molar-refractivity contribution is -0.151. The lowest BCUT2D eigenvalue weighted by Crippen LogP contribution is -2.46. The molecule has 0 aliphatic heterocycles. The molecule has 0 aromatic carbocycles. The average molecular weight is 915 g/mol. The molecule has 3 N–H and O–H groups in total. The fraction of sp³-hybridized carbons (Fsp3) is 0.864. The first kappa shape index (κ1) is 63.1. The average Bonchev–Trinajstić information content (AvgIpc) is 3.30. The zero-order valence-corrected chi connectivity index (χ0v) is 43.6. The minimum absolute atomic E-state index is 0.0730. The van der Waals surface area contributed by atoms with Gasteiger partial charge >= 0.3 is 5.97 Å². The lowest BCUT2D eigenvalue weighted by Gasteiger charge is -2.24. The number of hydrogen-bond acceptors (Lipinski definition) is 5. The maximum absolute atomic E-state index is 13.3. The molecule has 0 spiro atoms. The van der Waals surface area contributed by atoms with E-state index in [4.69, 9.17) is 4.74 Å². The summed E-state index contributed by atoms with van der Waals surface area (Å²) in [4.78, 5) is 26.2. The van der Waals surface area contributed by atoms with E-state index in [1.54, 1.807) is 0 Å². The third-order valence-electron chi connectivity index (χ3n) is 13.2. The first-order valence-corrected chi connectivity index (χ1v) is 28.7. The van der Waals surface area contributed by atoms with E-state index in [-0.39, 0.29) is 24.9 Å². The topological polar surface area (TPSA) is 95.9 Å². The smallest absolute Gasteiger partial charge is 0.306 e. The van der Waals surface area contributed by atoms with Crippen molar-refractivity contribution in [1.82, 2.24) is 5.32 Å². The van der Waals surface area contributed by atoms with Crippen LogP contribution in [0.2, 0.25) is 0 Å². The first-order chi connectivity index (χ1) is 32.0. The highest BCUT2D eigenvalue weighted by Crippen LogP contribution is 2.19. The molecule has 3 unspecified atom stereocenters. The van der Waals surface area contributed by atoms with Gasteiger partial charge < -0.3 is 20.3 Å². The Morgan fingerprint density at radius 1 is 0.446 bits per heavy atom. The van der Waals surface area contributed by atoms with Crippen LogP contribution in [0, 0.1) is 0 Å². The van der Waals surface area contributed by atoms with Crippen LogP contribution in [0.3, 0.4) is 0 Å². The Kier molecular flexibility index (Phi) is 51.5. The monoisotopic (exact) mass is 914 g/mol. The molecule has 0 fully saturated rings.